The van der Waals surface area contributed by atoms with E-state index in [0.29, 0.717) is 36.0 Å². The summed E-state index contributed by atoms with van der Waals surface area (Å²) < 4.78 is 32.7. The summed E-state index contributed by atoms with van der Waals surface area (Å²) in [5, 5.41) is 7.03. The van der Waals surface area contributed by atoms with Crippen LogP contribution in [-0.2, 0) is 6.42 Å². The van der Waals surface area contributed by atoms with Crippen LogP contribution in [0.25, 0.3) is 11.3 Å². The summed E-state index contributed by atoms with van der Waals surface area (Å²) in [6.45, 7) is 0.579. The van der Waals surface area contributed by atoms with E-state index in [-0.39, 0.29) is 23.6 Å². The second kappa shape index (κ2) is 8.97. The Morgan fingerprint density at radius 1 is 1.09 bits per heavy atom. The Hall–Kier alpha value is -3.81. The Bertz CT molecular complexity index is 1270. The molecule has 0 bridgehead atoms. The molecule has 2 aromatic heterocycles. The monoisotopic (exact) mass is 448 g/mol. The van der Waals surface area contributed by atoms with Gasteiger partial charge in [0.2, 0.25) is 5.89 Å². The van der Waals surface area contributed by atoms with Gasteiger partial charge in [0.05, 0.1) is 11.9 Å². The molecule has 2 aromatic carbocycles. The minimum absolute atomic E-state index is 0.189. The number of aromatic nitrogens is 3. The molecular weight excluding hydrogens is 426 g/mol. The summed E-state index contributed by atoms with van der Waals surface area (Å²) in [4.78, 5) is 19.5. The maximum absolute atomic E-state index is 13.5. The van der Waals surface area contributed by atoms with Crippen molar-refractivity contribution in [2.45, 2.75) is 31.7 Å². The van der Waals surface area contributed by atoms with E-state index in [2.05, 4.69) is 15.2 Å². The minimum Gasteiger partial charge on any atom is -0.443 e. The molecule has 4 aromatic rings. The molecule has 5 rings (SSSR count). The van der Waals surface area contributed by atoms with E-state index in [1.807, 2.05) is 6.07 Å². The number of halogens is 2. The standard InChI is InChI=1S/C25H22F2N4O2/c26-18-9-7-17(8-10-18)21-14-22(30-29-21)25(32)31-11-2-1-6-23(31)24-28-15-20(33-24)13-16-4-3-5-19(27)12-16/h3-5,7-10,12,14-15,23H,1-2,6,11,13H2,(H,29,30)/t23-/m1/s1. The van der Waals surface area contributed by atoms with Gasteiger partial charge in [-0.15, -0.1) is 0 Å². The van der Waals surface area contributed by atoms with Crippen molar-refractivity contribution in [3.05, 3.63) is 95.3 Å². The lowest BCUT2D eigenvalue weighted by Crippen LogP contribution is -2.38. The molecule has 1 aliphatic heterocycles. The Morgan fingerprint density at radius 3 is 2.76 bits per heavy atom. The maximum Gasteiger partial charge on any atom is 0.272 e. The molecule has 1 fully saturated rings. The van der Waals surface area contributed by atoms with Crippen molar-refractivity contribution in [2.75, 3.05) is 6.54 Å². The Balaban J connectivity index is 1.34. The zero-order valence-electron chi connectivity index (χ0n) is 17.8. The SMILES string of the molecule is O=C(c1cc(-c2ccc(F)cc2)n[nH]1)N1CCCC[C@@H]1c1ncc(Cc2cccc(F)c2)o1. The first-order valence-electron chi connectivity index (χ1n) is 10.9. The lowest BCUT2D eigenvalue weighted by molar-refractivity contribution is 0.0564. The second-order valence-corrected chi connectivity index (χ2v) is 8.16. The van der Waals surface area contributed by atoms with Crippen LogP contribution >= 0.6 is 0 Å². The van der Waals surface area contributed by atoms with Crippen molar-refractivity contribution in [1.29, 1.82) is 0 Å². The number of H-pyrrole nitrogens is 1. The molecular formula is C25H22F2N4O2. The molecule has 1 saturated heterocycles. The van der Waals surface area contributed by atoms with Gasteiger partial charge in [-0.3, -0.25) is 9.89 Å². The van der Waals surface area contributed by atoms with Crippen LogP contribution < -0.4 is 0 Å². The maximum atomic E-state index is 13.5. The molecule has 3 heterocycles. The van der Waals surface area contributed by atoms with Gasteiger partial charge in [0.1, 0.15) is 29.1 Å². The Labute approximate surface area is 189 Å². The van der Waals surface area contributed by atoms with E-state index in [4.69, 9.17) is 4.42 Å². The number of hydrogen-bond donors (Lipinski definition) is 1. The molecule has 0 unspecified atom stereocenters. The largest absolute Gasteiger partial charge is 0.443 e. The third-order valence-electron chi connectivity index (χ3n) is 5.84. The smallest absolute Gasteiger partial charge is 0.272 e. The topological polar surface area (TPSA) is 75.0 Å². The average Bonchev–Trinajstić information content (AvgIpc) is 3.49. The number of piperidine rings is 1. The van der Waals surface area contributed by atoms with Gasteiger partial charge < -0.3 is 9.32 Å². The summed E-state index contributed by atoms with van der Waals surface area (Å²) in [6, 6.07) is 13.7. The number of rotatable bonds is 5. The van der Waals surface area contributed by atoms with Crippen LogP contribution in [0.1, 0.15) is 53.0 Å². The van der Waals surface area contributed by atoms with E-state index >= 15 is 0 Å². The predicted octanol–water partition coefficient (Wildman–Crippen LogP) is 5.30. The fourth-order valence-corrected chi connectivity index (χ4v) is 4.19. The van der Waals surface area contributed by atoms with Gasteiger partial charge in [-0.1, -0.05) is 12.1 Å². The van der Waals surface area contributed by atoms with Crippen molar-refractivity contribution >= 4 is 5.91 Å². The molecule has 33 heavy (non-hydrogen) atoms. The van der Waals surface area contributed by atoms with Crippen LogP contribution in [-0.4, -0.2) is 32.5 Å². The molecule has 0 aliphatic carbocycles. The van der Waals surface area contributed by atoms with Gasteiger partial charge in [0.15, 0.2) is 0 Å². The summed E-state index contributed by atoms with van der Waals surface area (Å²) in [5.41, 5.74) is 2.44. The summed E-state index contributed by atoms with van der Waals surface area (Å²) in [5.74, 6) is 0.284. The number of carbonyl (C=O) groups is 1. The third kappa shape index (κ3) is 4.55. The van der Waals surface area contributed by atoms with E-state index < -0.39 is 0 Å². The summed E-state index contributed by atoms with van der Waals surface area (Å²) in [7, 11) is 0. The minimum atomic E-state index is -0.329. The first-order chi connectivity index (χ1) is 16.1. The molecule has 0 radical (unpaired) electrons. The summed E-state index contributed by atoms with van der Waals surface area (Å²) in [6.07, 6.45) is 4.65. The number of nitrogens with one attached hydrogen (secondary N) is 1. The number of nitrogens with zero attached hydrogens (tertiary/aromatic N) is 3. The van der Waals surface area contributed by atoms with Gasteiger partial charge in [-0.05, 0) is 67.3 Å². The van der Waals surface area contributed by atoms with Crippen LogP contribution in [0.2, 0.25) is 0 Å². The molecule has 1 aliphatic rings. The lowest BCUT2D eigenvalue weighted by atomic mass is 10.0. The van der Waals surface area contributed by atoms with Gasteiger partial charge in [-0.2, -0.15) is 5.10 Å². The lowest BCUT2D eigenvalue weighted by Gasteiger charge is -2.33. The molecule has 8 heteroatoms. The van der Waals surface area contributed by atoms with E-state index in [9.17, 15) is 13.6 Å². The van der Waals surface area contributed by atoms with Crippen molar-refractivity contribution in [2.24, 2.45) is 0 Å². The molecule has 1 amide bonds. The van der Waals surface area contributed by atoms with Crippen molar-refractivity contribution in [1.82, 2.24) is 20.1 Å². The number of hydrogen-bond acceptors (Lipinski definition) is 4. The number of likely N-dealkylation sites (tertiary alicyclic amines) is 1. The Kier molecular flexibility index (Phi) is 5.73. The van der Waals surface area contributed by atoms with Crippen LogP contribution in [0.5, 0.6) is 0 Å². The fourth-order valence-electron chi connectivity index (χ4n) is 4.19. The van der Waals surface area contributed by atoms with Gasteiger partial charge in [0, 0.05) is 18.5 Å². The van der Waals surface area contributed by atoms with Gasteiger partial charge >= 0.3 is 0 Å². The second-order valence-electron chi connectivity index (χ2n) is 8.16. The van der Waals surface area contributed by atoms with Crippen LogP contribution in [0.3, 0.4) is 0 Å². The van der Waals surface area contributed by atoms with E-state index in [0.717, 1.165) is 30.4 Å². The zero-order valence-corrected chi connectivity index (χ0v) is 17.8. The third-order valence-corrected chi connectivity index (χ3v) is 5.84. The number of carbonyl (C=O) groups excluding carboxylic acids is 1. The molecule has 1 N–H and O–H groups in total. The van der Waals surface area contributed by atoms with Crippen molar-refractivity contribution in [3.8, 4) is 11.3 Å². The molecule has 1 atom stereocenters. The zero-order chi connectivity index (χ0) is 22.8. The van der Waals surface area contributed by atoms with Gasteiger partial charge in [-0.25, -0.2) is 13.8 Å². The van der Waals surface area contributed by atoms with Crippen LogP contribution in [0.15, 0.2) is 65.2 Å². The quantitative estimate of drug-likeness (QED) is 0.450. The average molecular weight is 448 g/mol. The number of amides is 1. The highest BCUT2D eigenvalue weighted by atomic mass is 19.1. The Morgan fingerprint density at radius 2 is 1.94 bits per heavy atom. The highest BCUT2D eigenvalue weighted by Gasteiger charge is 2.33. The normalized spacial score (nSPS) is 16.2. The van der Waals surface area contributed by atoms with Gasteiger partial charge in [0.25, 0.3) is 5.91 Å². The highest BCUT2D eigenvalue weighted by molar-refractivity contribution is 5.93. The van der Waals surface area contributed by atoms with Crippen molar-refractivity contribution in [3.63, 3.8) is 0 Å². The van der Waals surface area contributed by atoms with E-state index in [1.165, 1.54) is 24.3 Å². The highest BCUT2D eigenvalue weighted by Crippen LogP contribution is 2.32. The number of aromatic amines is 1. The summed E-state index contributed by atoms with van der Waals surface area (Å²) >= 11 is 0. The van der Waals surface area contributed by atoms with Crippen LogP contribution in [0.4, 0.5) is 8.78 Å². The van der Waals surface area contributed by atoms with Crippen molar-refractivity contribution < 1.29 is 18.0 Å². The molecule has 168 valence electrons. The molecule has 6 nitrogen and oxygen atoms in total. The van der Waals surface area contributed by atoms with Crippen LogP contribution in [0, 0.1) is 11.6 Å². The fraction of sp³-hybridized carbons (Fsp3) is 0.240. The van der Waals surface area contributed by atoms with E-state index in [1.54, 1.807) is 35.4 Å². The number of oxazole rings is 1. The first-order valence-corrected chi connectivity index (χ1v) is 10.9. The molecule has 0 saturated carbocycles. The first kappa shape index (κ1) is 21.1. The predicted molar refractivity (Wildman–Crippen MR) is 117 cm³/mol. The number of benzene rings is 2. The molecule has 0 spiro atoms.